The van der Waals surface area contributed by atoms with E-state index in [9.17, 15) is 4.79 Å². The first kappa shape index (κ1) is 8.51. The Labute approximate surface area is 68.5 Å². The predicted molar refractivity (Wildman–Crippen MR) is 46.3 cm³/mol. The number of hydrogen-bond acceptors (Lipinski definition) is 1. The molecule has 0 saturated carbocycles. The summed E-state index contributed by atoms with van der Waals surface area (Å²) in [6.07, 6.45) is 4.55. The minimum Gasteiger partial charge on any atom is -0.295 e. The van der Waals surface area contributed by atoms with E-state index in [-0.39, 0.29) is 5.78 Å². The Morgan fingerprint density at radius 2 is 2.18 bits per heavy atom. The van der Waals surface area contributed by atoms with Crippen LogP contribution in [0.3, 0.4) is 0 Å². The van der Waals surface area contributed by atoms with Crippen LogP contribution < -0.4 is 0 Å². The van der Waals surface area contributed by atoms with Gasteiger partial charge in [0.2, 0.25) is 0 Å². The average molecular weight is 152 g/mol. The Hall–Kier alpha value is -0.590. The van der Waals surface area contributed by atoms with E-state index in [1.54, 1.807) is 6.08 Å². The highest BCUT2D eigenvalue weighted by Crippen LogP contribution is 2.28. The van der Waals surface area contributed by atoms with E-state index < -0.39 is 0 Å². The molecule has 0 aliphatic heterocycles. The quantitative estimate of drug-likeness (QED) is 0.564. The van der Waals surface area contributed by atoms with Crippen LogP contribution in [0.25, 0.3) is 0 Å². The molecule has 2 atom stereocenters. The van der Waals surface area contributed by atoms with Gasteiger partial charge in [-0.2, -0.15) is 0 Å². The summed E-state index contributed by atoms with van der Waals surface area (Å²) < 4.78 is 0. The molecule has 0 spiro atoms. The van der Waals surface area contributed by atoms with Crippen molar-refractivity contribution in [3.8, 4) is 0 Å². The molecule has 0 aromatic rings. The molecule has 1 heteroatoms. The fourth-order valence-corrected chi connectivity index (χ4v) is 1.81. The molecule has 0 unspecified atom stereocenters. The molecule has 0 saturated heterocycles. The van der Waals surface area contributed by atoms with Crippen LogP contribution in [0.15, 0.2) is 12.2 Å². The SMILES string of the molecule is CC(C)[C@H]1C=CC(=O)C[C@H]1C. The Morgan fingerprint density at radius 3 is 2.64 bits per heavy atom. The van der Waals surface area contributed by atoms with Gasteiger partial charge in [0.15, 0.2) is 5.78 Å². The Kier molecular flexibility index (Phi) is 2.48. The highest BCUT2D eigenvalue weighted by molar-refractivity contribution is 5.90. The Balaban J connectivity index is 2.68. The lowest BCUT2D eigenvalue weighted by atomic mass is 9.78. The third-order valence-corrected chi connectivity index (χ3v) is 2.45. The zero-order valence-electron chi connectivity index (χ0n) is 7.50. The van der Waals surface area contributed by atoms with Gasteiger partial charge in [-0.3, -0.25) is 4.79 Å². The molecule has 1 rings (SSSR count). The second-order valence-electron chi connectivity index (χ2n) is 3.83. The molecule has 0 N–H and O–H groups in total. The Morgan fingerprint density at radius 1 is 1.55 bits per heavy atom. The summed E-state index contributed by atoms with van der Waals surface area (Å²) in [5.74, 6) is 2.09. The molecule has 0 amide bonds. The zero-order chi connectivity index (χ0) is 8.43. The maximum Gasteiger partial charge on any atom is 0.155 e. The fourth-order valence-electron chi connectivity index (χ4n) is 1.81. The summed E-state index contributed by atoms with van der Waals surface area (Å²) in [5, 5.41) is 0. The van der Waals surface area contributed by atoms with Crippen LogP contribution in [0.2, 0.25) is 0 Å². The minimum absolute atomic E-state index is 0.286. The molecule has 11 heavy (non-hydrogen) atoms. The highest BCUT2D eigenvalue weighted by Gasteiger charge is 2.23. The van der Waals surface area contributed by atoms with Gasteiger partial charge in [-0.25, -0.2) is 0 Å². The maximum absolute atomic E-state index is 11.0. The van der Waals surface area contributed by atoms with Crippen molar-refractivity contribution in [2.45, 2.75) is 27.2 Å². The molecule has 1 nitrogen and oxygen atoms in total. The van der Waals surface area contributed by atoms with Crippen LogP contribution in [0.1, 0.15) is 27.2 Å². The van der Waals surface area contributed by atoms with Crippen LogP contribution in [0.5, 0.6) is 0 Å². The van der Waals surface area contributed by atoms with Crippen LogP contribution >= 0.6 is 0 Å². The van der Waals surface area contributed by atoms with Crippen molar-refractivity contribution in [1.29, 1.82) is 0 Å². The van der Waals surface area contributed by atoms with E-state index in [1.807, 2.05) is 0 Å². The number of hydrogen-bond donors (Lipinski definition) is 0. The van der Waals surface area contributed by atoms with Crippen LogP contribution in [0, 0.1) is 17.8 Å². The average Bonchev–Trinajstić information content (AvgIpc) is 1.85. The van der Waals surface area contributed by atoms with Gasteiger partial charge in [0.05, 0.1) is 0 Å². The van der Waals surface area contributed by atoms with Crippen LogP contribution in [-0.4, -0.2) is 5.78 Å². The van der Waals surface area contributed by atoms with Crippen molar-refractivity contribution in [3.05, 3.63) is 12.2 Å². The topological polar surface area (TPSA) is 17.1 Å². The number of allylic oxidation sites excluding steroid dienone is 2. The van der Waals surface area contributed by atoms with E-state index in [2.05, 4.69) is 26.8 Å². The molecule has 0 heterocycles. The highest BCUT2D eigenvalue weighted by atomic mass is 16.1. The fraction of sp³-hybridized carbons (Fsp3) is 0.700. The number of ketones is 1. The second kappa shape index (κ2) is 3.21. The molecule has 62 valence electrons. The van der Waals surface area contributed by atoms with Gasteiger partial charge >= 0.3 is 0 Å². The van der Waals surface area contributed by atoms with E-state index in [1.165, 1.54) is 0 Å². The molecule has 1 aliphatic rings. The molecule has 0 fully saturated rings. The van der Waals surface area contributed by atoms with Crippen LogP contribution in [-0.2, 0) is 4.79 Å². The number of rotatable bonds is 1. The maximum atomic E-state index is 11.0. The van der Waals surface area contributed by atoms with Gasteiger partial charge in [-0.1, -0.05) is 26.8 Å². The normalized spacial score (nSPS) is 31.5. The number of carbonyl (C=O) groups excluding carboxylic acids is 1. The molecule has 0 radical (unpaired) electrons. The first-order valence-electron chi connectivity index (χ1n) is 4.32. The summed E-state index contributed by atoms with van der Waals surface area (Å²) in [5.41, 5.74) is 0. The summed E-state index contributed by atoms with van der Waals surface area (Å²) >= 11 is 0. The first-order valence-corrected chi connectivity index (χ1v) is 4.32. The summed E-state index contributed by atoms with van der Waals surface area (Å²) in [7, 11) is 0. The summed E-state index contributed by atoms with van der Waals surface area (Å²) in [6.45, 7) is 6.58. The van der Waals surface area contributed by atoms with Gasteiger partial charge in [-0.05, 0) is 23.8 Å². The van der Waals surface area contributed by atoms with Gasteiger partial charge in [0.1, 0.15) is 0 Å². The summed E-state index contributed by atoms with van der Waals surface area (Å²) in [4.78, 5) is 11.0. The summed E-state index contributed by atoms with van der Waals surface area (Å²) in [6, 6.07) is 0. The van der Waals surface area contributed by atoms with E-state index >= 15 is 0 Å². The molecule has 0 aromatic carbocycles. The lowest BCUT2D eigenvalue weighted by Gasteiger charge is -2.26. The standard InChI is InChI=1S/C10H16O/c1-7(2)10-5-4-9(11)6-8(10)3/h4-5,7-8,10H,6H2,1-3H3/t8-,10-/m1/s1. The lowest BCUT2D eigenvalue weighted by molar-refractivity contribution is -0.116. The monoisotopic (exact) mass is 152 g/mol. The van der Waals surface area contributed by atoms with Crippen molar-refractivity contribution < 1.29 is 4.79 Å². The third-order valence-electron chi connectivity index (χ3n) is 2.45. The van der Waals surface area contributed by atoms with Crippen molar-refractivity contribution in [2.24, 2.45) is 17.8 Å². The first-order chi connectivity index (χ1) is 5.11. The van der Waals surface area contributed by atoms with Crippen molar-refractivity contribution in [1.82, 2.24) is 0 Å². The number of carbonyl (C=O) groups is 1. The minimum atomic E-state index is 0.286. The largest absolute Gasteiger partial charge is 0.295 e. The van der Waals surface area contributed by atoms with Crippen molar-refractivity contribution in [3.63, 3.8) is 0 Å². The lowest BCUT2D eigenvalue weighted by Crippen LogP contribution is -2.22. The zero-order valence-corrected chi connectivity index (χ0v) is 7.50. The van der Waals surface area contributed by atoms with E-state index in [4.69, 9.17) is 0 Å². The smallest absolute Gasteiger partial charge is 0.155 e. The molecular weight excluding hydrogens is 136 g/mol. The van der Waals surface area contributed by atoms with Crippen LogP contribution in [0.4, 0.5) is 0 Å². The molecule has 1 aliphatic carbocycles. The van der Waals surface area contributed by atoms with E-state index in [0.29, 0.717) is 17.8 Å². The Bertz CT molecular complexity index is 179. The molecule has 0 aromatic heterocycles. The molecular formula is C10H16O. The second-order valence-corrected chi connectivity index (χ2v) is 3.83. The molecule has 0 bridgehead atoms. The van der Waals surface area contributed by atoms with E-state index in [0.717, 1.165) is 6.42 Å². The van der Waals surface area contributed by atoms with Gasteiger partial charge in [-0.15, -0.1) is 0 Å². The predicted octanol–water partition coefficient (Wildman–Crippen LogP) is 2.42. The third kappa shape index (κ3) is 1.92. The van der Waals surface area contributed by atoms with Gasteiger partial charge < -0.3 is 0 Å². The van der Waals surface area contributed by atoms with Crippen molar-refractivity contribution in [2.75, 3.05) is 0 Å². The van der Waals surface area contributed by atoms with Crippen molar-refractivity contribution >= 4 is 5.78 Å². The van der Waals surface area contributed by atoms with Gasteiger partial charge in [0.25, 0.3) is 0 Å². The van der Waals surface area contributed by atoms with Gasteiger partial charge in [0, 0.05) is 6.42 Å².